The third-order valence-corrected chi connectivity index (χ3v) is 4.55. The highest BCUT2D eigenvalue weighted by atomic mass is 79.9. The molecule has 1 aromatic heterocycles. The normalized spacial score (nSPS) is 10.9. The zero-order chi connectivity index (χ0) is 18.0. The maximum atomic E-state index is 12.8. The standard InChI is InChI=1S/C18H19BrN4O2/c1-4-23-16-7-5-12(10-15(16)20-21-23)18(24)22(2)11-13-9-14(19)6-8-17(13)25-3/h5-10H,4,11H2,1-3H3. The number of methoxy groups -OCH3 is 1. The van der Waals surface area contributed by atoms with Crippen LogP contribution in [0.3, 0.4) is 0 Å². The number of aryl methyl sites for hydroxylation is 1. The molecule has 0 aliphatic carbocycles. The van der Waals surface area contributed by atoms with Crippen molar-refractivity contribution >= 4 is 32.9 Å². The van der Waals surface area contributed by atoms with E-state index >= 15 is 0 Å². The van der Waals surface area contributed by atoms with E-state index in [4.69, 9.17) is 4.74 Å². The summed E-state index contributed by atoms with van der Waals surface area (Å²) < 4.78 is 8.13. The molecular formula is C18H19BrN4O2. The van der Waals surface area contributed by atoms with Crippen LogP contribution in [-0.4, -0.2) is 40.0 Å². The van der Waals surface area contributed by atoms with Crippen LogP contribution in [0.25, 0.3) is 11.0 Å². The minimum Gasteiger partial charge on any atom is -0.496 e. The van der Waals surface area contributed by atoms with Crippen molar-refractivity contribution in [1.29, 1.82) is 0 Å². The average Bonchev–Trinajstić information content (AvgIpc) is 3.03. The monoisotopic (exact) mass is 402 g/mol. The van der Waals surface area contributed by atoms with Gasteiger partial charge < -0.3 is 9.64 Å². The van der Waals surface area contributed by atoms with E-state index in [0.717, 1.165) is 33.4 Å². The van der Waals surface area contributed by atoms with Gasteiger partial charge in [0.05, 0.1) is 12.6 Å². The third-order valence-electron chi connectivity index (χ3n) is 4.06. The van der Waals surface area contributed by atoms with E-state index < -0.39 is 0 Å². The van der Waals surface area contributed by atoms with E-state index in [1.807, 2.05) is 37.3 Å². The summed E-state index contributed by atoms with van der Waals surface area (Å²) in [5.41, 5.74) is 3.18. The number of carbonyl (C=O) groups is 1. The van der Waals surface area contributed by atoms with Crippen LogP contribution >= 0.6 is 15.9 Å². The summed E-state index contributed by atoms with van der Waals surface area (Å²) >= 11 is 3.46. The van der Waals surface area contributed by atoms with E-state index in [9.17, 15) is 4.79 Å². The fourth-order valence-corrected chi connectivity index (χ4v) is 3.17. The molecule has 7 heteroatoms. The predicted octanol–water partition coefficient (Wildman–Crippen LogP) is 3.49. The molecule has 1 amide bonds. The number of hydrogen-bond acceptors (Lipinski definition) is 4. The zero-order valence-corrected chi connectivity index (χ0v) is 15.9. The number of fused-ring (bicyclic) bond motifs is 1. The third kappa shape index (κ3) is 3.51. The predicted molar refractivity (Wildman–Crippen MR) is 99.7 cm³/mol. The van der Waals surface area contributed by atoms with E-state index in [0.29, 0.717) is 12.1 Å². The van der Waals surface area contributed by atoms with E-state index in [1.165, 1.54) is 0 Å². The van der Waals surface area contributed by atoms with Gasteiger partial charge in [0.2, 0.25) is 0 Å². The maximum Gasteiger partial charge on any atom is 0.253 e. The Bertz CT molecular complexity index is 923. The molecular weight excluding hydrogens is 384 g/mol. The van der Waals surface area contributed by atoms with Crippen molar-refractivity contribution < 1.29 is 9.53 Å². The van der Waals surface area contributed by atoms with Crippen molar-refractivity contribution in [3.8, 4) is 5.75 Å². The highest BCUT2D eigenvalue weighted by Crippen LogP contribution is 2.24. The average molecular weight is 403 g/mol. The molecule has 2 aromatic carbocycles. The first-order chi connectivity index (χ1) is 12.0. The van der Waals surface area contributed by atoms with Crippen LogP contribution in [0.15, 0.2) is 40.9 Å². The summed E-state index contributed by atoms with van der Waals surface area (Å²) in [5.74, 6) is 0.680. The number of nitrogens with zero attached hydrogens (tertiary/aromatic N) is 4. The van der Waals surface area contributed by atoms with Gasteiger partial charge in [0.25, 0.3) is 5.91 Å². The van der Waals surface area contributed by atoms with Crippen molar-refractivity contribution in [2.75, 3.05) is 14.2 Å². The maximum absolute atomic E-state index is 12.8. The molecule has 1 heterocycles. The van der Waals surface area contributed by atoms with Gasteiger partial charge in [-0.15, -0.1) is 5.10 Å². The van der Waals surface area contributed by atoms with Gasteiger partial charge >= 0.3 is 0 Å². The lowest BCUT2D eigenvalue weighted by molar-refractivity contribution is 0.0784. The smallest absolute Gasteiger partial charge is 0.253 e. The second-order valence-electron chi connectivity index (χ2n) is 5.73. The van der Waals surface area contributed by atoms with E-state index in [2.05, 4.69) is 26.2 Å². The molecule has 0 radical (unpaired) electrons. The molecule has 0 spiro atoms. The molecule has 0 saturated heterocycles. The molecule has 0 N–H and O–H groups in total. The summed E-state index contributed by atoms with van der Waals surface area (Å²) in [7, 11) is 3.40. The molecule has 0 unspecified atom stereocenters. The van der Waals surface area contributed by atoms with Gasteiger partial charge in [-0.3, -0.25) is 4.79 Å². The van der Waals surface area contributed by atoms with Gasteiger partial charge in [-0.05, 0) is 43.3 Å². The molecule has 0 fully saturated rings. The van der Waals surface area contributed by atoms with Crippen molar-refractivity contribution in [2.45, 2.75) is 20.0 Å². The molecule has 3 rings (SSSR count). The van der Waals surface area contributed by atoms with Crippen LogP contribution in [0.5, 0.6) is 5.75 Å². The highest BCUT2D eigenvalue weighted by molar-refractivity contribution is 9.10. The summed E-state index contributed by atoms with van der Waals surface area (Å²) in [6, 6.07) is 11.2. The first kappa shape index (κ1) is 17.4. The molecule has 3 aromatic rings. The van der Waals surface area contributed by atoms with Crippen LogP contribution in [0.2, 0.25) is 0 Å². The molecule has 0 aliphatic heterocycles. The van der Waals surface area contributed by atoms with Crippen LogP contribution in [0.1, 0.15) is 22.8 Å². The SMILES string of the molecule is CCn1nnc2cc(C(=O)N(C)Cc3cc(Br)ccc3OC)ccc21. The second-order valence-corrected chi connectivity index (χ2v) is 6.64. The Labute approximate surface area is 154 Å². The lowest BCUT2D eigenvalue weighted by Gasteiger charge is -2.19. The van der Waals surface area contributed by atoms with E-state index in [1.54, 1.807) is 29.8 Å². The number of ether oxygens (including phenoxy) is 1. The van der Waals surface area contributed by atoms with Crippen LogP contribution in [-0.2, 0) is 13.1 Å². The number of hydrogen-bond donors (Lipinski definition) is 0. The van der Waals surface area contributed by atoms with Gasteiger partial charge in [0, 0.05) is 35.7 Å². The molecule has 0 atom stereocenters. The Morgan fingerprint density at radius 3 is 2.80 bits per heavy atom. The number of benzene rings is 2. The summed E-state index contributed by atoms with van der Waals surface area (Å²) in [6.07, 6.45) is 0. The quantitative estimate of drug-likeness (QED) is 0.655. The second kappa shape index (κ2) is 7.23. The fraction of sp³-hybridized carbons (Fsp3) is 0.278. The van der Waals surface area contributed by atoms with Crippen molar-refractivity contribution in [3.05, 3.63) is 52.0 Å². The lowest BCUT2D eigenvalue weighted by Crippen LogP contribution is -2.26. The molecule has 0 saturated carbocycles. The summed E-state index contributed by atoms with van der Waals surface area (Å²) in [4.78, 5) is 14.4. The van der Waals surface area contributed by atoms with E-state index in [-0.39, 0.29) is 5.91 Å². The van der Waals surface area contributed by atoms with Crippen LogP contribution in [0, 0.1) is 0 Å². The van der Waals surface area contributed by atoms with Gasteiger partial charge in [-0.25, -0.2) is 4.68 Å². The summed E-state index contributed by atoms with van der Waals surface area (Å²) in [5, 5.41) is 8.21. The van der Waals surface area contributed by atoms with Gasteiger partial charge in [0.1, 0.15) is 11.3 Å². The molecule has 0 bridgehead atoms. The van der Waals surface area contributed by atoms with Gasteiger partial charge in [-0.2, -0.15) is 0 Å². The van der Waals surface area contributed by atoms with Crippen LogP contribution < -0.4 is 4.74 Å². The van der Waals surface area contributed by atoms with Crippen LogP contribution in [0.4, 0.5) is 0 Å². The lowest BCUT2D eigenvalue weighted by atomic mass is 10.1. The number of amides is 1. The Morgan fingerprint density at radius 2 is 2.08 bits per heavy atom. The van der Waals surface area contributed by atoms with Crippen molar-refractivity contribution in [1.82, 2.24) is 19.9 Å². The molecule has 0 aliphatic rings. The molecule has 25 heavy (non-hydrogen) atoms. The minimum absolute atomic E-state index is 0.0741. The molecule has 6 nitrogen and oxygen atoms in total. The van der Waals surface area contributed by atoms with Crippen molar-refractivity contribution in [2.24, 2.45) is 0 Å². The Balaban J connectivity index is 1.84. The largest absolute Gasteiger partial charge is 0.496 e. The first-order valence-corrected chi connectivity index (χ1v) is 8.74. The minimum atomic E-state index is -0.0741. The Morgan fingerprint density at radius 1 is 1.28 bits per heavy atom. The Kier molecular flexibility index (Phi) is 5.03. The summed E-state index contributed by atoms with van der Waals surface area (Å²) in [6.45, 7) is 3.19. The number of halogens is 1. The fourth-order valence-electron chi connectivity index (χ4n) is 2.76. The topological polar surface area (TPSA) is 60.2 Å². The number of aromatic nitrogens is 3. The van der Waals surface area contributed by atoms with Gasteiger partial charge in [-0.1, -0.05) is 21.1 Å². The zero-order valence-electron chi connectivity index (χ0n) is 14.4. The van der Waals surface area contributed by atoms with Gasteiger partial charge in [0.15, 0.2) is 0 Å². The number of carbonyl (C=O) groups excluding carboxylic acids is 1. The van der Waals surface area contributed by atoms with Crippen molar-refractivity contribution in [3.63, 3.8) is 0 Å². The first-order valence-electron chi connectivity index (χ1n) is 7.94. The highest BCUT2D eigenvalue weighted by Gasteiger charge is 2.16. The molecule has 130 valence electrons. The Hall–Kier alpha value is -2.41. The number of rotatable bonds is 5.